The zero-order chi connectivity index (χ0) is 8.81. The molecule has 0 fully saturated rings. The molecule has 1 radical (unpaired) electrons. The van der Waals surface area contributed by atoms with Gasteiger partial charge in [0.1, 0.15) is 0 Å². The maximum absolute atomic E-state index is 4.28. The Labute approximate surface area is 74.6 Å². The average Bonchev–Trinajstić information content (AvgIpc) is 2.50. The summed E-state index contributed by atoms with van der Waals surface area (Å²) in [6.45, 7) is 7.10. The molecule has 0 saturated carbocycles. The lowest BCUT2D eigenvalue weighted by Crippen LogP contribution is -1.92. The minimum atomic E-state index is 0.935. The molecule has 0 spiro atoms. The van der Waals surface area contributed by atoms with E-state index in [1.54, 1.807) is 0 Å². The van der Waals surface area contributed by atoms with Crippen LogP contribution in [0.3, 0.4) is 0 Å². The van der Waals surface area contributed by atoms with Crippen LogP contribution in [0.25, 0.3) is 0 Å². The molecule has 67 valence electrons. The first-order valence-corrected chi connectivity index (χ1v) is 4.66. The fourth-order valence-electron chi connectivity index (χ4n) is 1.18. The molecule has 1 aromatic rings. The highest BCUT2D eigenvalue weighted by Gasteiger charge is 1.95. The van der Waals surface area contributed by atoms with Gasteiger partial charge in [-0.15, -0.1) is 0 Å². The molecule has 1 aromatic heterocycles. The lowest BCUT2D eigenvalue weighted by Gasteiger charge is -1.97. The summed E-state index contributed by atoms with van der Waals surface area (Å²) in [5.74, 6) is 0. The topological polar surface area (TPSA) is 17.8 Å². The number of rotatable bonds is 5. The number of aromatic nitrogens is 2. The van der Waals surface area contributed by atoms with Crippen molar-refractivity contribution >= 4 is 0 Å². The Hall–Kier alpha value is -0.790. The van der Waals surface area contributed by atoms with Crippen LogP contribution in [-0.4, -0.2) is 9.55 Å². The van der Waals surface area contributed by atoms with Crippen LogP contribution in [0, 0.1) is 6.92 Å². The lowest BCUT2D eigenvalue weighted by molar-refractivity contribution is 0.631. The predicted octanol–water partition coefficient (Wildman–Crippen LogP) is 2.45. The van der Waals surface area contributed by atoms with Crippen molar-refractivity contribution in [2.45, 2.75) is 39.2 Å². The van der Waals surface area contributed by atoms with Gasteiger partial charge >= 0.3 is 0 Å². The van der Waals surface area contributed by atoms with E-state index in [1.165, 1.54) is 18.5 Å². The molecule has 0 N–H and O–H groups in total. The van der Waals surface area contributed by atoms with Crippen LogP contribution in [0.5, 0.6) is 0 Å². The monoisotopic (exact) mass is 165 g/mol. The van der Waals surface area contributed by atoms with Gasteiger partial charge in [-0.3, -0.25) is 0 Å². The quantitative estimate of drug-likeness (QED) is 0.655. The molecule has 0 saturated heterocycles. The zero-order valence-corrected chi connectivity index (χ0v) is 7.79. The Morgan fingerprint density at radius 2 is 2.42 bits per heavy atom. The van der Waals surface area contributed by atoms with Crippen LogP contribution in [-0.2, 0) is 13.0 Å². The Bertz CT molecular complexity index is 215. The molecule has 0 aromatic carbocycles. The van der Waals surface area contributed by atoms with Gasteiger partial charge in [0, 0.05) is 12.7 Å². The summed E-state index contributed by atoms with van der Waals surface area (Å²) < 4.78 is 2.16. The smallest absolute Gasteiger partial charge is 0.0949 e. The first kappa shape index (κ1) is 9.30. The summed E-state index contributed by atoms with van der Waals surface area (Å²) in [5, 5.41) is 0. The van der Waals surface area contributed by atoms with Gasteiger partial charge in [0.2, 0.25) is 0 Å². The van der Waals surface area contributed by atoms with Gasteiger partial charge in [0.05, 0.1) is 12.0 Å². The Morgan fingerprint density at radius 1 is 1.58 bits per heavy atom. The first-order valence-electron chi connectivity index (χ1n) is 4.66. The fourth-order valence-corrected chi connectivity index (χ4v) is 1.18. The van der Waals surface area contributed by atoms with Crippen molar-refractivity contribution in [3.05, 3.63) is 25.1 Å². The first-order chi connectivity index (χ1) is 5.86. The Balaban J connectivity index is 2.41. The minimum Gasteiger partial charge on any atom is -0.337 e. The van der Waals surface area contributed by atoms with Crippen molar-refractivity contribution in [2.24, 2.45) is 0 Å². The third kappa shape index (κ3) is 2.68. The molecule has 0 atom stereocenters. The van der Waals surface area contributed by atoms with Crippen LogP contribution in [0.4, 0.5) is 0 Å². The molecule has 0 aliphatic heterocycles. The van der Waals surface area contributed by atoms with Crippen LogP contribution in [0.1, 0.15) is 31.9 Å². The van der Waals surface area contributed by atoms with Crippen molar-refractivity contribution in [1.82, 2.24) is 9.55 Å². The molecule has 0 aliphatic rings. The maximum Gasteiger partial charge on any atom is 0.0949 e. The summed E-state index contributed by atoms with van der Waals surface area (Å²) >= 11 is 0. The van der Waals surface area contributed by atoms with Crippen LogP contribution < -0.4 is 0 Å². The van der Waals surface area contributed by atoms with Gasteiger partial charge in [-0.1, -0.05) is 20.3 Å². The number of hydrogen-bond donors (Lipinski definition) is 0. The number of aryl methyl sites for hydroxylation is 2. The number of unbranched alkanes of at least 4 members (excludes halogenated alkanes) is 1. The van der Waals surface area contributed by atoms with E-state index in [1.807, 2.05) is 6.33 Å². The van der Waals surface area contributed by atoms with Gasteiger partial charge in [0.15, 0.2) is 0 Å². The SMILES string of the molecule is [CH2]CCc1cn(CCCC)cn1. The van der Waals surface area contributed by atoms with Crippen LogP contribution in [0.2, 0.25) is 0 Å². The van der Waals surface area contributed by atoms with E-state index in [-0.39, 0.29) is 0 Å². The molecule has 0 unspecified atom stereocenters. The highest BCUT2D eigenvalue weighted by atomic mass is 15.0. The van der Waals surface area contributed by atoms with Gasteiger partial charge in [0.25, 0.3) is 0 Å². The molecular formula is C10H17N2. The minimum absolute atomic E-state index is 0.935. The molecule has 2 heteroatoms. The van der Waals surface area contributed by atoms with Crippen molar-refractivity contribution in [2.75, 3.05) is 0 Å². The largest absolute Gasteiger partial charge is 0.337 e. The highest BCUT2D eigenvalue weighted by Crippen LogP contribution is 2.01. The van der Waals surface area contributed by atoms with Gasteiger partial charge in [-0.2, -0.15) is 0 Å². The molecule has 1 heterocycles. The van der Waals surface area contributed by atoms with Gasteiger partial charge in [-0.05, 0) is 19.3 Å². The normalized spacial score (nSPS) is 10.5. The molecular weight excluding hydrogens is 148 g/mol. The van der Waals surface area contributed by atoms with Crippen LogP contribution >= 0.6 is 0 Å². The van der Waals surface area contributed by atoms with E-state index in [9.17, 15) is 0 Å². The van der Waals surface area contributed by atoms with Gasteiger partial charge < -0.3 is 4.57 Å². The number of nitrogens with zero attached hydrogens (tertiary/aromatic N) is 2. The number of hydrogen-bond acceptors (Lipinski definition) is 1. The van der Waals surface area contributed by atoms with Crippen molar-refractivity contribution in [1.29, 1.82) is 0 Å². The van der Waals surface area contributed by atoms with Crippen molar-refractivity contribution in [3.63, 3.8) is 0 Å². The molecule has 12 heavy (non-hydrogen) atoms. The van der Waals surface area contributed by atoms with E-state index >= 15 is 0 Å². The number of imidazole rings is 1. The third-order valence-electron chi connectivity index (χ3n) is 1.89. The third-order valence-corrected chi connectivity index (χ3v) is 1.89. The van der Waals surface area contributed by atoms with Crippen LogP contribution in [0.15, 0.2) is 12.5 Å². The second kappa shape index (κ2) is 4.96. The zero-order valence-electron chi connectivity index (χ0n) is 7.79. The highest BCUT2D eigenvalue weighted by molar-refractivity contribution is 4.96. The summed E-state index contributed by atoms with van der Waals surface area (Å²) in [7, 11) is 0. The molecule has 2 nitrogen and oxygen atoms in total. The summed E-state index contributed by atoms with van der Waals surface area (Å²) in [4.78, 5) is 4.28. The Morgan fingerprint density at radius 3 is 3.08 bits per heavy atom. The summed E-state index contributed by atoms with van der Waals surface area (Å²) in [5.41, 5.74) is 1.17. The van der Waals surface area contributed by atoms with Crippen molar-refractivity contribution in [3.8, 4) is 0 Å². The molecule has 0 bridgehead atoms. The van der Waals surface area contributed by atoms with E-state index in [2.05, 4.69) is 29.6 Å². The second-order valence-corrected chi connectivity index (χ2v) is 3.06. The average molecular weight is 165 g/mol. The van der Waals surface area contributed by atoms with E-state index < -0.39 is 0 Å². The molecule has 0 aliphatic carbocycles. The maximum atomic E-state index is 4.28. The standard InChI is InChI=1S/C10H17N2/c1-3-5-7-12-8-10(6-4-2)11-9-12/h8-9H,2-7H2,1H3. The molecule has 1 rings (SSSR count). The lowest BCUT2D eigenvalue weighted by atomic mass is 10.3. The summed E-state index contributed by atoms with van der Waals surface area (Å²) in [6.07, 6.45) is 8.45. The van der Waals surface area contributed by atoms with Gasteiger partial charge in [-0.25, -0.2) is 4.98 Å². The fraction of sp³-hybridized carbons (Fsp3) is 0.600. The molecule has 0 amide bonds. The second-order valence-electron chi connectivity index (χ2n) is 3.06. The predicted molar refractivity (Wildman–Crippen MR) is 50.8 cm³/mol. The van der Waals surface area contributed by atoms with E-state index in [0.717, 1.165) is 19.4 Å². The van der Waals surface area contributed by atoms with E-state index in [0.29, 0.717) is 0 Å². The Kier molecular flexibility index (Phi) is 3.85. The van der Waals surface area contributed by atoms with E-state index in [4.69, 9.17) is 0 Å². The summed E-state index contributed by atoms with van der Waals surface area (Å²) in [6, 6.07) is 0. The van der Waals surface area contributed by atoms with Crippen molar-refractivity contribution < 1.29 is 0 Å².